The van der Waals surface area contributed by atoms with Gasteiger partial charge in [0, 0.05) is 20.5 Å². The lowest BCUT2D eigenvalue weighted by molar-refractivity contribution is -0.148. The van der Waals surface area contributed by atoms with Crippen molar-refractivity contribution in [1.29, 1.82) is 0 Å². The van der Waals surface area contributed by atoms with E-state index in [2.05, 4.69) is 22.5 Å². The average Bonchev–Trinajstić information content (AvgIpc) is 3.10. The Morgan fingerprint density at radius 2 is 1.25 bits per heavy atom. The molecule has 0 radical (unpaired) electrons. The highest BCUT2D eigenvalue weighted by atomic mass is 16.4. The Balaban J connectivity index is 3.42. The van der Waals surface area contributed by atoms with Crippen LogP contribution in [-0.4, -0.2) is 119 Å². The summed E-state index contributed by atoms with van der Waals surface area (Å²) >= 11 is 0. The van der Waals surface area contributed by atoms with Gasteiger partial charge >= 0.3 is 5.97 Å². The van der Waals surface area contributed by atoms with Crippen LogP contribution in [0, 0.1) is 5.92 Å². The number of benzene rings is 1. The Kier molecular flexibility index (Phi) is 21.0. The Bertz CT molecular complexity index is 1360. The van der Waals surface area contributed by atoms with Gasteiger partial charge in [0.2, 0.25) is 29.5 Å². The second-order valence-electron chi connectivity index (χ2n) is 13.8. The smallest absolute Gasteiger partial charge is 0.326 e. The second-order valence-corrected chi connectivity index (χ2v) is 13.8. The molecule has 298 valence electrons. The van der Waals surface area contributed by atoms with E-state index in [1.807, 2.05) is 13.8 Å². The molecule has 6 atom stereocenters. The van der Waals surface area contributed by atoms with Gasteiger partial charge in [-0.25, -0.2) is 4.79 Å². The molecular weight excluding hydrogens is 684 g/mol. The molecule has 0 aliphatic heterocycles. The SMILES string of the molecule is C=CC[C@H](NC(=O)[C@H](CCCCN)N(C)C(=O)[C@H](CCCCN)N(C)C(=O)[C@H](C)N)C(=O)N[C@@H](Cc1ccc(O)cc1)C(=O)N[C@@H](CC(C)C)C(=O)O. The zero-order chi connectivity index (χ0) is 40.2. The van der Waals surface area contributed by atoms with Crippen molar-refractivity contribution < 1.29 is 39.0 Å². The van der Waals surface area contributed by atoms with Crippen molar-refractivity contribution in [3.63, 3.8) is 0 Å². The fourth-order valence-electron chi connectivity index (χ4n) is 5.79. The number of carboxylic acids is 1. The number of aromatic hydroxyl groups is 1. The maximum atomic E-state index is 14.0. The highest BCUT2D eigenvalue weighted by Crippen LogP contribution is 2.17. The quantitative estimate of drug-likeness (QED) is 0.0500. The molecule has 0 aliphatic carbocycles. The zero-order valence-corrected chi connectivity index (χ0v) is 31.9. The van der Waals surface area contributed by atoms with Crippen molar-refractivity contribution in [2.75, 3.05) is 27.2 Å². The van der Waals surface area contributed by atoms with E-state index < -0.39 is 71.8 Å². The number of phenols is 1. The molecule has 0 saturated heterocycles. The van der Waals surface area contributed by atoms with Gasteiger partial charge in [-0.1, -0.05) is 32.1 Å². The van der Waals surface area contributed by atoms with Gasteiger partial charge in [-0.05, 0) is 95.0 Å². The molecule has 0 aromatic heterocycles. The molecule has 1 aromatic rings. The lowest BCUT2D eigenvalue weighted by Crippen LogP contribution is -2.59. The number of carbonyl (C=O) groups excluding carboxylic acids is 5. The summed E-state index contributed by atoms with van der Waals surface area (Å²) in [5, 5.41) is 27.4. The molecule has 5 amide bonds. The van der Waals surface area contributed by atoms with Crippen molar-refractivity contribution in [2.45, 2.75) is 115 Å². The van der Waals surface area contributed by atoms with Crippen LogP contribution in [0.25, 0.3) is 0 Å². The van der Waals surface area contributed by atoms with Crippen LogP contribution < -0.4 is 33.2 Å². The number of hydrogen-bond acceptors (Lipinski definition) is 10. The van der Waals surface area contributed by atoms with Gasteiger partial charge in [0.05, 0.1) is 6.04 Å². The summed E-state index contributed by atoms with van der Waals surface area (Å²) in [5.41, 5.74) is 17.8. The number of rotatable bonds is 25. The number of unbranched alkanes of at least 4 members (excludes halogenated alkanes) is 2. The summed E-state index contributed by atoms with van der Waals surface area (Å²) in [5.74, 6) is -4.37. The molecule has 0 saturated carbocycles. The molecule has 16 heteroatoms. The van der Waals surface area contributed by atoms with Crippen LogP contribution in [0.4, 0.5) is 0 Å². The van der Waals surface area contributed by atoms with Crippen LogP contribution in [-0.2, 0) is 35.2 Å². The molecular formula is C37H62N8O8. The number of carboxylic acid groups (broad SMARTS) is 1. The van der Waals surface area contributed by atoms with Gasteiger partial charge in [0.25, 0.3) is 0 Å². The molecule has 1 aromatic carbocycles. The highest BCUT2D eigenvalue weighted by molar-refractivity contribution is 5.96. The summed E-state index contributed by atoms with van der Waals surface area (Å²) in [6.07, 6.45) is 4.17. The van der Waals surface area contributed by atoms with E-state index in [1.54, 1.807) is 12.1 Å². The third-order valence-electron chi connectivity index (χ3n) is 8.84. The Hall–Kier alpha value is -4.54. The number of amides is 5. The number of carbonyl (C=O) groups is 6. The molecule has 1 rings (SSSR count). The van der Waals surface area contributed by atoms with E-state index in [9.17, 15) is 39.0 Å². The maximum absolute atomic E-state index is 14.0. The van der Waals surface area contributed by atoms with E-state index in [4.69, 9.17) is 17.2 Å². The van der Waals surface area contributed by atoms with Crippen molar-refractivity contribution in [2.24, 2.45) is 23.1 Å². The predicted molar refractivity (Wildman–Crippen MR) is 202 cm³/mol. The topological polar surface area (TPSA) is 264 Å². The van der Waals surface area contributed by atoms with E-state index in [0.717, 1.165) is 0 Å². The standard InChI is InChI=1S/C37H62N8O8/c1-7-12-27(32(47)42-28(22-25-15-17-26(46)18-16-25)33(48)43-29(37(52)53)21-23(2)3)41-34(49)30(13-8-10-19-38)44(5)36(51)31(14-9-11-20-39)45(6)35(50)24(4)40/h7,15-18,23-24,27-31,46H,1,8-14,19-22,38-40H2,2-6H3,(H,41,49)(H,42,47)(H,43,48)(H,52,53)/t24-,27-,28-,29-,30-,31-/m0/s1. The number of nitrogens with one attached hydrogen (secondary N) is 3. The molecule has 0 fully saturated rings. The number of hydrogen-bond donors (Lipinski definition) is 8. The molecule has 0 aliphatic rings. The first kappa shape index (κ1) is 46.5. The molecule has 0 heterocycles. The number of aliphatic carboxylic acids is 1. The number of phenolic OH excluding ortho intramolecular Hbond substituents is 1. The first-order chi connectivity index (χ1) is 25.0. The molecule has 11 N–H and O–H groups in total. The summed E-state index contributed by atoms with van der Waals surface area (Å²) in [4.78, 5) is 82.7. The van der Waals surface area contributed by atoms with E-state index in [-0.39, 0.29) is 37.4 Å². The molecule has 0 bridgehead atoms. The van der Waals surface area contributed by atoms with Crippen molar-refractivity contribution in [3.8, 4) is 5.75 Å². The summed E-state index contributed by atoms with van der Waals surface area (Å²) in [6, 6.07) is -0.588. The van der Waals surface area contributed by atoms with Crippen LogP contribution in [0.3, 0.4) is 0 Å². The Morgan fingerprint density at radius 1 is 0.755 bits per heavy atom. The maximum Gasteiger partial charge on any atom is 0.326 e. The molecule has 0 unspecified atom stereocenters. The van der Waals surface area contributed by atoms with E-state index >= 15 is 0 Å². The van der Waals surface area contributed by atoms with E-state index in [1.165, 1.54) is 49.0 Å². The monoisotopic (exact) mass is 746 g/mol. The van der Waals surface area contributed by atoms with Gasteiger partial charge < -0.3 is 53.2 Å². The summed E-state index contributed by atoms with van der Waals surface area (Å²) in [7, 11) is 2.95. The van der Waals surface area contributed by atoms with Crippen LogP contribution in [0.1, 0.15) is 77.7 Å². The van der Waals surface area contributed by atoms with Crippen LogP contribution in [0.2, 0.25) is 0 Å². The average molecular weight is 747 g/mol. The third-order valence-corrected chi connectivity index (χ3v) is 8.84. The van der Waals surface area contributed by atoms with Gasteiger partial charge in [-0.2, -0.15) is 0 Å². The van der Waals surface area contributed by atoms with Gasteiger partial charge in [0.1, 0.15) is 36.0 Å². The van der Waals surface area contributed by atoms with Crippen molar-refractivity contribution in [3.05, 3.63) is 42.5 Å². The Morgan fingerprint density at radius 3 is 1.74 bits per heavy atom. The first-order valence-corrected chi connectivity index (χ1v) is 18.2. The number of likely N-dealkylation sites (N-methyl/N-ethyl adjacent to an activating group) is 2. The van der Waals surface area contributed by atoms with Gasteiger partial charge in [-0.3, -0.25) is 24.0 Å². The minimum Gasteiger partial charge on any atom is -0.508 e. The fraction of sp³-hybridized carbons (Fsp3) is 0.622. The van der Waals surface area contributed by atoms with Crippen LogP contribution >= 0.6 is 0 Å². The zero-order valence-electron chi connectivity index (χ0n) is 31.9. The van der Waals surface area contributed by atoms with Gasteiger partial charge in [0.15, 0.2) is 0 Å². The third kappa shape index (κ3) is 15.9. The highest BCUT2D eigenvalue weighted by Gasteiger charge is 2.37. The largest absolute Gasteiger partial charge is 0.508 e. The van der Waals surface area contributed by atoms with E-state index in [0.29, 0.717) is 50.8 Å². The second kappa shape index (κ2) is 23.9. The van der Waals surface area contributed by atoms with Crippen molar-refractivity contribution in [1.82, 2.24) is 25.8 Å². The first-order valence-electron chi connectivity index (χ1n) is 18.2. The van der Waals surface area contributed by atoms with Crippen LogP contribution in [0.5, 0.6) is 5.75 Å². The van der Waals surface area contributed by atoms with Gasteiger partial charge in [-0.15, -0.1) is 6.58 Å². The fourth-order valence-corrected chi connectivity index (χ4v) is 5.79. The number of nitrogens with zero attached hydrogens (tertiary/aromatic N) is 2. The predicted octanol–water partition coefficient (Wildman–Crippen LogP) is 0.355. The Labute approximate surface area is 313 Å². The summed E-state index contributed by atoms with van der Waals surface area (Å²) < 4.78 is 0. The lowest BCUT2D eigenvalue weighted by atomic mass is 10.0. The minimum atomic E-state index is -1.26. The molecule has 0 spiro atoms. The molecule has 16 nitrogen and oxygen atoms in total. The molecule has 53 heavy (non-hydrogen) atoms. The van der Waals surface area contributed by atoms with Crippen molar-refractivity contribution >= 4 is 35.5 Å². The minimum absolute atomic E-state index is 0.00560. The summed E-state index contributed by atoms with van der Waals surface area (Å²) in [6.45, 7) is 9.61. The number of nitrogens with two attached hydrogens (primary N) is 3. The van der Waals surface area contributed by atoms with Crippen LogP contribution in [0.15, 0.2) is 36.9 Å². The normalized spacial score (nSPS) is 14.5. The lowest BCUT2D eigenvalue weighted by Gasteiger charge is -2.35.